The van der Waals surface area contributed by atoms with E-state index in [1.807, 2.05) is 21.5 Å². The van der Waals surface area contributed by atoms with E-state index >= 15 is 0 Å². The van der Waals surface area contributed by atoms with Crippen LogP contribution in [0.1, 0.15) is 43.6 Å². The van der Waals surface area contributed by atoms with Crippen molar-refractivity contribution >= 4 is 16.3 Å². The fraction of sp³-hybridized carbons (Fsp3) is 0.500. The number of hydrogen-bond acceptors (Lipinski definition) is 5. The summed E-state index contributed by atoms with van der Waals surface area (Å²) in [5, 5.41) is 18.4. The van der Waals surface area contributed by atoms with Crippen molar-refractivity contribution in [2.45, 2.75) is 39.2 Å². The number of rotatable bonds is 5. The second kappa shape index (κ2) is 5.08. The van der Waals surface area contributed by atoms with Gasteiger partial charge in [0, 0.05) is 18.8 Å². The highest BCUT2D eigenvalue weighted by Gasteiger charge is 2.19. The summed E-state index contributed by atoms with van der Waals surface area (Å²) in [6.45, 7) is 4.27. The van der Waals surface area contributed by atoms with Gasteiger partial charge >= 0.3 is 0 Å². The predicted octanol–water partition coefficient (Wildman–Crippen LogP) is 2.33. The molecular formula is C12H16N6S. The van der Waals surface area contributed by atoms with Gasteiger partial charge in [0.15, 0.2) is 5.82 Å². The Hall–Kier alpha value is -1.76. The quantitative estimate of drug-likeness (QED) is 0.717. The van der Waals surface area contributed by atoms with Gasteiger partial charge in [0.1, 0.15) is 11.0 Å². The predicted molar refractivity (Wildman–Crippen MR) is 73.3 cm³/mol. The van der Waals surface area contributed by atoms with E-state index in [1.165, 1.54) is 0 Å². The van der Waals surface area contributed by atoms with Gasteiger partial charge in [0.2, 0.25) is 4.96 Å². The number of aromatic nitrogens is 6. The first-order valence-corrected chi connectivity index (χ1v) is 7.35. The first-order chi connectivity index (χ1) is 9.33. The van der Waals surface area contributed by atoms with Gasteiger partial charge in [0.05, 0.1) is 0 Å². The lowest BCUT2D eigenvalue weighted by Crippen LogP contribution is -2.10. The van der Waals surface area contributed by atoms with E-state index in [1.54, 1.807) is 17.5 Å². The van der Waals surface area contributed by atoms with Gasteiger partial charge in [0.25, 0.3) is 0 Å². The molecule has 0 saturated heterocycles. The first-order valence-electron chi connectivity index (χ1n) is 6.53. The molecule has 0 N–H and O–H groups in total. The molecule has 1 atom stereocenters. The lowest BCUT2D eigenvalue weighted by molar-refractivity contribution is 0.500. The highest BCUT2D eigenvalue weighted by Crippen LogP contribution is 2.26. The van der Waals surface area contributed by atoms with Gasteiger partial charge in [-0.15, -0.1) is 10.2 Å². The summed E-state index contributed by atoms with van der Waals surface area (Å²) in [4.78, 5) is 0.865. The van der Waals surface area contributed by atoms with E-state index in [9.17, 15) is 0 Å². The minimum atomic E-state index is 0.177. The van der Waals surface area contributed by atoms with Crippen LogP contribution in [0.3, 0.4) is 0 Å². The standard InChI is InChI=1S/C12H16N6S/c1-3-6-10-14-15-12-18(10)16-11(19-12)9(4-2)17-8-5-7-13-17/h5,7-9H,3-4,6H2,1-2H3/t9-/m1/s1. The average Bonchev–Trinajstić information content (AvgIpc) is 3.09. The third-order valence-corrected chi connectivity index (χ3v) is 4.06. The van der Waals surface area contributed by atoms with Crippen molar-refractivity contribution in [3.05, 3.63) is 29.3 Å². The van der Waals surface area contributed by atoms with Crippen LogP contribution in [0.25, 0.3) is 4.96 Å². The second-order valence-electron chi connectivity index (χ2n) is 4.41. The largest absolute Gasteiger partial charge is 0.263 e. The van der Waals surface area contributed by atoms with Crippen molar-refractivity contribution < 1.29 is 0 Å². The van der Waals surface area contributed by atoms with Gasteiger partial charge < -0.3 is 0 Å². The Morgan fingerprint density at radius 2 is 2.21 bits per heavy atom. The molecule has 0 aliphatic heterocycles. The average molecular weight is 276 g/mol. The molecule has 0 amide bonds. The maximum Gasteiger partial charge on any atom is 0.234 e. The van der Waals surface area contributed by atoms with Crippen molar-refractivity contribution in [3.63, 3.8) is 0 Å². The van der Waals surface area contributed by atoms with Crippen molar-refractivity contribution in [1.29, 1.82) is 0 Å². The Morgan fingerprint density at radius 1 is 1.32 bits per heavy atom. The smallest absolute Gasteiger partial charge is 0.234 e. The fourth-order valence-electron chi connectivity index (χ4n) is 2.13. The molecule has 6 nitrogen and oxygen atoms in total. The number of fused-ring (bicyclic) bond motifs is 1. The molecule has 3 rings (SSSR count). The van der Waals surface area contributed by atoms with E-state index in [0.717, 1.165) is 35.1 Å². The van der Waals surface area contributed by atoms with Crippen LogP contribution in [0.5, 0.6) is 0 Å². The third-order valence-electron chi connectivity index (χ3n) is 3.06. The SMILES string of the molecule is CCCc1nnc2sc([C@@H](CC)n3cccn3)nn12. The zero-order chi connectivity index (χ0) is 13.2. The fourth-order valence-corrected chi connectivity index (χ4v) is 3.16. The molecule has 0 bridgehead atoms. The highest BCUT2D eigenvalue weighted by atomic mass is 32.1. The molecule has 0 unspecified atom stereocenters. The molecule has 0 saturated carbocycles. The van der Waals surface area contributed by atoms with E-state index in [4.69, 9.17) is 0 Å². The van der Waals surface area contributed by atoms with Gasteiger partial charge in [-0.2, -0.15) is 14.7 Å². The molecule has 0 aliphatic rings. The second-order valence-corrected chi connectivity index (χ2v) is 5.40. The molecule has 3 heterocycles. The number of aryl methyl sites for hydroxylation is 1. The Bertz CT molecular complexity index is 653. The minimum absolute atomic E-state index is 0.177. The van der Waals surface area contributed by atoms with Crippen molar-refractivity contribution in [1.82, 2.24) is 29.6 Å². The van der Waals surface area contributed by atoms with Crippen LogP contribution >= 0.6 is 11.3 Å². The Morgan fingerprint density at radius 3 is 2.89 bits per heavy atom. The number of nitrogens with zero attached hydrogens (tertiary/aromatic N) is 6. The molecule has 7 heteroatoms. The van der Waals surface area contributed by atoms with Crippen LogP contribution < -0.4 is 0 Å². The zero-order valence-electron chi connectivity index (χ0n) is 11.0. The molecule has 0 fully saturated rings. The van der Waals surface area contributed by atoms with Gasteiger partial charge in [-0.3, -0.25) is 4.68 Å². The van der Waals surface area contributed by atoms with Crippen molar-refractivity contribution in [2.24, 2.45) is 0 Å². The summed E-state index contributed by atoms with van der Waals surface area (Å²) in [6.07, 6.45) is 6.68. The van der Waals surface area contributed by atoms with E-state index in [2.05, 4.69) is 34.2 Å². The molecule has 19 heavy (non-hydrogen) atoms. The maximum atomic E-state index is 4.67. The molecule has 100 valence electrons. The molecule has 3 aromatic rings. The Balaban J connectivity index is 2.00. The van der Waals surface area contributed by atoms with Gasteiger partial charge in [-0.25, -0.2) is 0 Å². The molecule has 0 radical (unpaired) electrons. The number of hydrogen-bond donors (Lipinski definition) is 0. The zero-order valence-corrected chi connectivity index (χ0v) is 11.8. The minimum Gasteiger partial charge on any atom is -0.263 e. The Kier molecular flexibility index (Phi) is 3.29. The molecule has 0 aliphatic carbocycles. The highest BCUT2D eigenvalue weighted by molar-refractivity contribution is 7.16. The van der Waals surface area contributed by atoms with Crippen LogP contribution in [0.2, 0.25) is 0 Å². The van der Waals surface area contributed by atoms with E-state index in [0.29, 0.717) is 0 Å². The normalized spacial score (nSPS) is 13.2. The summed E-state index contributed by atoms with van der Waals surface area (Å²) in [7, 11) is 0. The first kappa shape index (κ1) is 12.3. The summed E-state index contributed by atoms with van der Waals surface area (Å²) in [5.41, 5.74) is 0. The summed E-state index contributed by atoms with van der Waals surface area (Å²) < 4.78 is 3.82. The van der Waals surface area contributed by atoms with Crippen LogP contribution in [0, 0.1) is 0 Å². The van der Waals surface area contributed by atoms with Gasteiger partial charge in [-0.1, -0.05) is 25.2 Å². The topological polar surface area (TPSA) is 60.9 Å². The van der Waals surface area contributed by atoms with Crippen molar-refractivity contribution in [2.75, 3.05) is 0 Å². The maximum absolute atomic E-state index is 4.67. The van der Waals surface area contributed by atoms with E-state index < -0.39 is 0 Å². The summed E-state index contributed by atoms with van der Waals surface area (Å²) in [5.74, 6) is 0.940. The van der Waals surface area contributed by atoms with Gasteiger partial charge in [-0.05, 0) is 18.9 Å². The summed E-state index contributed by atoms with van der Waals surface area (Å²) in [6, 6.07) is 2.11. The lowest BCUT2D eigenvalue weighted by Gasteiger charge is -2.11. The molecule has 0 spiro atoms. The summed E-state index contributed by atoms with van der Waals surface area (Å²) >= 11 is 1.59. The lowest BCUT2D eigenvalue weighted by atomic mass is 10.2. The van der Waals surface area contributed by atoms with E-state index in [-0.39, 0.29) is 6.04 Å². The third kappa shape index (κ3) is 2.14. The Labute approximate surface area is 115 Å². The van der Waals surface area contributed by atoms with Crippen LogP contribution in [0.15, 0.2) is 18.5 Å². The van der Waals surface area contributed by atoms with Crippen LogP contribution in [-0.2, 0) is 6.42 Å². The molecule has 0 aromatic carbocycles. The van der Waals surface area contributed by atoms with Crippen LogP contribution in [-0.4, -0.2) is 29.6 Å². The molecular weight excluding hydrogens is 260 g/mol. The monoisotopic (exact) mass is 276 g/mol. The molecule has 3 aromatic heterocycles. The van der Waals surface area contributed by atoms with Crippen LogP contribution in [0.4, 0.5) is 0 Å². The van der Waals surface area contributed by atoms with Crippen molar-refractivity contribution in [3.8, 4) is 0 Å².